The minimum atomic E-state index is -0.261. The van der Waals surface area contributed by atoms with E-state index in [4.69, 9.17) is 5.73 Å². The van der Waals surface area contributed by atoms with E-state index in [1.807, 2.05) is 12.1 Å². The summed E-state index contributed by atoms with van der Waals surface area (Å²) in [6, 6.07) is 8.20. The number of benzene rings is 1. The number of anilines is 1. The summed E-state index contributed by atoms with van der Waals surface area (Å²) in [6.07, 6.45) is 4.07. The van der Waals surface area contributed by atoms with E-state index in [0.29, 0.717) is 12.1 Å². The number of nitrogen functional groups attached to an aromatic ring is 1. The molecule has 1 aromatic heterocycles. The van der Waals surface area contributed by atoms with Gasteiger partial charge in [0.25, 0.3) is 0 Å². The SMILES string of the molecule is Nc1ccc(F)cc1Cc1cccnc1. The summed E-state index contributed by atoms with van der Waals surface area (Å²) in [5.41, 5.74) is 8.18. The highest BCUT2D eigenvalue weighted by molar-refractivity contribution is 5.48. The Hall–Kier alpha value is -1.90. The standard InChI is InChI=1S/C12H11FN2/c13-11-3-4-12(14)10(7-11)6-9-2-1-5-15-8-9/h1-5,7-8H,6,14H2. The molecule has 2 rings (SSSR count). The molecule has 15 heavy (non-hydrogen) atoms. The van der Waals surface area contributed by atoms with E-state index in [-0.39, 0.29) is 5.82 Å². The van der Waals surface area contributed by atoms with E-state index in [9.17, 15) is 4.39 Å². The van der Waals surface area contributed by atoms with E-state index >= 15 is 0 Å². The fourth-order valence-corrected chi connectivity index (χ4v) is 1.45. The average molecular weight is 202 g/mol. The van der Waals surface area contributed by atoms with E-state index in [2.05, 4.69) is 4.98 Å². The topological polar surface area (TPSA) is 38.9 Å². The lowest BCUT2D eigenvalue weighted by molar-refractivity contribution is 0.626. The summed E-state index contributed by atoms with van der Waals surface area (Å²) in [7, 11) is 0. The van der Waals surface area contributed by atoms with Crippen LogP contribution in [0, 0.1) is 5.82 Å². The Labute approximate surface area is 87.6 Å². The number of pyridine rings is 1. The number of nitrogens with two attached hydrogens (primary N) is 1. The highest BCUT2D eigenvalue weighted by Gasteiger charge is 2.02. The van der Waals surface area contributed by atoms with Crippen LogP contribution in [0.1, 0.15) is 11.1 Å². The molecule has 0 radical (unpaired) electrons. The first-order chi connectivity index (χ1) is 7.25. The average Bonchev–Trinajstić information content (AvgIpc) is 2.25. The highest BCUT2D eigenvalue weighted by atomic mass is 19.1. The number of rotatable bonds is 2. The molecule has 1 heterocycles. The number of halogens is 1. The molecule has 0 aliphatic rings. The zero-order chi connectivity index (χ0) is 10.7. The first kappa shape index (κ1) is 9.65. The molecule has 1 aromatic carbocycles. The largest absolute Gasteiger partial charge is 0.398 e. The summed E-state index contributed by atoms with van der Waals surface area (Å²) < 4.78 is 13.0. The van der Waals surface area contributed by atoms with Gasteiger partial charge in [-0.1, -0.05) is 6.07 Å². The van der Waals surface area contributed by atoms with Gasteiger partial charge in [-0.3, -0.25) is 4.98 Å². The van der Waals surface area contributed by atoms with Gasteiger partial charge in [-0.25, -0.2) is 4.39 Å². The van der Waals surface area contributed by atoms with E-state index in [0.717, 1.165) is 11.1 Å². The third-order valence-electron chi connectivity index (χ3n) is 2.22. The molecule has 0 saturated heterocycles. The molecule has 0 bridgehead atoms. The van der Waals surface area contributed by atoms with Crippen LogP contribution in [0.25, 0.3) is 0 Å². The van der Waals surface area contributed by atoms with Crippen molar-refractivity contribution >= 4 is 5.69 Å². The first-order valence-corrected chi connectivity index (χ1v) is 4.68. The smallest absolute Gasteiger partial charge is 0.123 e. The van der Waals surface area contributed by atoms with Gasteiger partial charge in [-0.05, 0) is 35.4 Å². The van der Waals surface area contributed by atoms with Crippen LogP contribution in [0.2, 0.25) is 0 Å². The molecule has 0 spiro atoms. The molecule has 0 saturated carbocycles. The Bertz CT molecular complexity index is 454. The van der Waals surface area contributed by atoms with Crippen molar-refractivity contribution in [1.29, 1.82) is 0 Å². The summed E-state index contributed by atoms with van der Waals surface area (Å²) in [5, 5.41) is 0. The molecule has 2 nitrogen and oxygen atoms in total. The van der Waals surface area contributed by atoms with Gasteiger partial charge in [0.1, 0.15) is 5.82 Å². The van der Waals surface area contributed by atoms with Crippen LogP contribution >= 0.6 is 0 Å². The van der Waals surface area contributed by atoms with Crippen molar-refractivity contribution in [1.82, 2.24) is 4.98 Å². The molecule has 76 valence electrons. The zero-order valence-corrected chi connectivity index (χ0v) is 8.15. The molecule has 3 heteroatoms. The van der Waals surface area contributed by atoms with Crippen LogP contribution in [0.5, 0.6) is 0 Å². The van der Waals surface area contributed by atoms with Gasteiger partial charge in [0.2, 0.25) is 0 Å². The Morgan fingerprint density at radius 2 is 2.13 bits per heavy atom. The van der Waals surface area contributed by atoms with Gasteiger partial charge in [0.15, 0.2) is 0 Å². The predicted molar refractivity (Wildman–Crippen MR) is 57.9 cm³/mol. The molecule has 0 aliphatic carbocycles. The molecule has 2 N–H and O–H groups in total. The Balaban J connectivity index is 2.28. The maximum Gasteiger partial charge on any atom is 0.123 e. The number of nitrogens with zero attached hydrogens (tertiary/aromatic N) is 1. The van der Waals surface area contributed by atoms with Crippen molar-refractivity contribution in [3.8, 4) is 0 Å². The quantitative estimate of drug-likeness (QED) is 0.759. The van der Waals surface area contributed by atoms with Crippen LogP contribution in [-0.2, 0) is 6.42 Å². The molecule has 2 aromatic rings. The third kappa shape index (κ3) is 2.31. The Kier molecular flexibility index (Phi) is 2.63. The van der Waals surface area contributed by atoms with Crippen LogP contribution < -0.4 is 5.73 Å². The predicted octanol–water partition coefficient (Wildman–Crippen LogP) is 2.39. The van der Waals surface area contributed by atoms with Crippen LogP contribution in [0.15, 0.2) is 42.7 Å². The molecule has 0 fully saturated rings. The van der Waals surface area contributed by atoms with Crippen molar-refractivity contribution < 1.29 is 4.39 Å². The molecule has 0 unspecified atom stereocenters. The fourth-order valence-electron chi connectivity index (χ4n) is 1.45. The second-order valence-electron chi connectivity index (χ2n) is 3.38. The zero-order valence-electron chi connectivity index (χ0n) is 8.15. The molecule has 0 atom stereocenters. The van der Waals surface area contributed by atoms with Crippen LogP contribution in [0.3, 0.4) is 0 Å². The maximum absolute atomic E-state index is 13.0. The van der Waals surface area contributed by atoms with E-state index < -0.39 is 0 Å². The third-order valence-corrected chi connectivity index (χ3v) is 2.22. The minimum absolute atomic E-state index is 0.261. The van der Waals surface area contributed by atoms with Crippen molar-refractivity contribution in [3.63, 3.8) is 0 Å². The Morgan fingerprint density at radius 3 is 2.87 bits per heavy atom. The lowest BCUT2D eigenvalue weighted by Crippen LogP contribution is -1.96. The summed E-state index contributed by atoms with van der Waals surface area (Å²) in [5.74, 6) is -0.261. The second kappa shape index (κ2) is 4.09. The molecular formula is C12H11FN2. The van der Waals surface area contributed by atoms with Gasteiger partial charge in [-0.2, -0.15) is 0 Å². The summed E-state index contributed by atoms with van der Waals surface area (Å²) >= 11 is 0. The number of aromatic nitrogens is 1. The van der Waals surface area contributed by atoms with Crippen molar-refractivity contribution in [3.05, 3.63) is 59.7 Å². The monoisotopic (exact) mass is 202 g/mol. The van der Waals surface area contributed by atoms with Gasteiger partial charge in [-0.15, -0.1) is 0 Å². The second-order valence-corrected chi connectivity index (χ2v) is 3.38. The van der Waals surface area contributed by atoms with E-state index in [1.165, 1.54) is 12.1 Å². The van der Waals surface area contributed by atoms with Gasteiger partial charge in [0.05, 0.1) is 0 Å². The van der Waals surface area contributed by atoms with Crippen LogP contribution in [-0.4, -0.2) is 4.98 Å². The lowest BCUT2D eigenvalue weighted by atomic mass is 10.0. The summed E-state index contributed by atoms with van der Waals surface area (Å²) in [6.45, 7) is 0. The maximum atomic E-state index is 13.0. The Morgan fingerprint density at radius 1 is 1.27 bits per heavy atom. The van der Waals surface area contributed by atoms with E-state index in [1.54, 1.807) is 18.5 Å². The molecule has 0 aliphatic heterocycles. The van der Waals surface area contributed by atoms with Crippen molar-refractivity contribution in [2.75, 3.05) is 5.73 Å². The van der Waals surface area contributed by atoms with Crippen LogP contribution in [0.4, 0.5) is 10.1 Å². The first-order valence-electron chi connectivity index (χ1n) is 4.68. The van der Waals surface area contributed by atoms with Gasteiger partial charge < -0.3 is 5.73 Å². The van der Waals surface area contributed by atoms with Crippen molar-refractivity contribution in [2.45, 2.75) is 6.42 Å². The summed E-state index contributed by atoms with van der Waals surface area (Å²) in [4.78, 5) is 4.00. The lowest BCUT2D eigenvalue weighted by Gasteiger charge is -2.05. The number of hydrogen-bond donors (Lipinski definition) is 1. The molecular weight excluding hydrogens is 191 g/mol. The number of hydrogen-bond acceptors (Lipinski definition) is 2. The molecule has 0 amide bonds. The fraction of sp³-hybridized carbons (Fsp3) is 0.0833. The highest BCUT2D eigenvalue weighted by Crippen LogP contribution is 2.17. The van der Waals surface area contributed by atoms with Gasteiger partial charge in [0, 0.05) is 24.5 Å². The van der Waals surface area contributed by atoms with Gasteiger partial charge >= 0.3 is 0 Å². The van der Waals surface area contributed by atoms with Crippen molar-refractivity contribution in [2.24, 2.45) is 0 Å². The minimum Gasteiger partial charge on any atom is -0.398 e. The normalized spacial score (nSPS) is 10.2.